The summed E-state index contributed by atoms with van der Waals surface area (Å²) in [6, 6.07) is 8.25. The maximum absolute atomic E-state index is 12.4. The topological polar surface area (TPSA) is 37.9 Å². The molecule has 1 fully saturated rings. The number of aromatic nitrogens is 2. The Balaban J connectivity index is 1.91. The molecule has 3 rings (SSSR count). The summed E-state index contributed by atoms with van der Waals surface area (Å²) in [4.78, 5) is 0. The fraction of sp³-hybridized carbons (Fsp3) is 0.500. The molecule has 118 valence electrons. The fourth-order valence-corrected chi connectivity index (χ4v) is 2.55. The largest absolute Gasteiger partial charge is 0.491 e. The lowest BCUT2D eigenvalue weighted by molar-refractivity contribution is 0.271. The minimum absolute atomic E-state index is 0.0345. The van der Waals surface area contributed by atoms with Crippen LogP contribution in [0.3, 0.4) is 0 Å². The summed E-state index contributed by atoms with van der Waals surface area (Å²) >= 11 is 0. The Hall–Kier alpha value is -1.84. The van der Waals surface area contributed by atoms with E-state index in [0.29, 0.717) is 5.92 Å². The van der Waals surface area contributed by atoms with E-state index in [0.717, 1.165) is 22.7 Å². The number of benzene rings is 1. The highest BCUT2D eigenvalue weighted by atomic mass is 19.1. The molecular formula is C18H23FN2O. The highest BCUT2D eigenvalue weighted by molar-refractivity contribution is 5.63. The standard InChI is InChI=1S/C18H23FN2O/c1-18(2,3)17-11-15(20-21-17)13-6-7-14(12-4-5-12)16(10-13)22-9-8-19/h6-7,10-12H,4-5,8-9H2,1-3H3,(H,20,21). The Kier molecular flexibility index (Phi) is 3.94. The van der Waals surface area contributed by atoms with Gasteiger partial charge in [-0.1, -0.05) is 32.9 Å². The average molecular weight is 302 g/mol. The van der Waals surface area contributed by atoms with Gasteiger partial charge in [0.15, 0.2) is 0 Å². The average Bonchev–Trinajstić information content (AvgIpc) is 3.19. The predicted octanol–water partition coefficient (Wildman–Crippen LogP) is 4.60. The Bertz CT molecular complexity index is 653. The lowest BCUT2D eigenvalue weighted by Gasteiger charge is -2.14. The van der Waals surface area contributed by atoms with E-state index in [1.54, 1.807) is 0 Å². The first-order chi connectivity index (χ1) is 10.5. The van der Waals surface area contributed by atoms with Crippen LogP contribution in [0.15, 0.2) is 24.3 Å². The minimum atomic E-state index is -0.467. The first kappa shape index (κ1) is 15.1. The van der Waals surface area contributed by atoms with Crippen LogP contribution in [0.5, 0.6) is 5.75 Å². The Morgan fingerprint density at radius 2 is 2.05 bits per heavy atom. The number of H-pyrrole nitrogens is 1. The quantitative estimate of drug-likeness (QED) is 0.876. The molecule has 1 heterocycles. The molecule has 0 unspecified atom stereocenters. The maximum Gasteiger partial charge on any atom is 0.123 e. The molecule has 0 spiro atoms. The number of rotatable bonds is 5. The molecule has 1 aromatic heterocycles. The van der Waals surface area contributed by atoms with Crippen LogP contribution in [-0.4, -0.2) is 23.5 Å². The van der Waals surface area contributed by atoms with Crippen LogP contribution in [0.2, 0.25) is 0 Å². The first-order valence-corrected chi connectivity index (χ1v) is 7.88. The normalized spacial score (nSPS) is 15.1. The van der Waals surface area contributed by atoms with Crippen molar-refractivity contribution in [1.29, 1.82) is 0 Å². The zero-order valence-corrected chi connectivity index (χ0v) is 13.4. The smallest absolute Gasteiger partial charge is 0.123 e. The molecule has 3 nitrogen and oxygen atoms in total. The van der Waals surface area contributed by atoms with E-state index in [-0.39, 0.29) is 12.0 Å². The number of ether oxygens (including phenoxy) is 1. The van der Waals surface area contributed by atoms with Crippen LogP contribution in [0.4, 0.5) is 4.39 Å². The third-order valence-corrected chi connectivity index (χ3v) is 4.05. The maximum atomic E-state index is 12.4. The molecule has 1 aliphatic carbocycles. The molecule has 0 atom stereocenters. The van der Waals surface area contributed by atoms with Gasteiger partial charge in [-0.2, -0.15) is 5.10 Å². The lowest BCUT2D eigenvalue weighted by atomic mass is 9.92. The summed E-state index contributed by atoms with van der Waals surface area (Å²) in [5.41, 5.74) is 4.23. The highest BCUT2D eigenvalue weighted by Gasteiger charge is 2.27. The molecule has 22 heavy (non-hydrogen) atoms. The third-order valence-electron chi connectivity index (χ3n) is 4.05. The molecule has 0 aliphatic heterocycles. The van der Waals surface area contributed by atoms with Crippen LogP contribution in [-0.2, 0) is 5.41 Å². The van der Waals surface area contributed by atoms with Crippen molar-refractivity contribution in [2.24, 2.45) is 0 Å². The monoisotopic (exact) mass is 302 g/mol. The van der Waals surface area contributed by atoms with Crippen molar-refractivity contribution >= 4 is 0 Å². The zero-order chi connectivity index (χ0) is 15.7. The van der Waals surface area contributed by atoms with Gasteiger partial charge >= 0.3 is 0 Å². The fourth-order valence-electron chi connectivity index (χ4n) is 2.55. The van der Waals surface area contributed by atoms with Crippen LogP contribution < -0.4 is 4.74 Å². The van der Waals surface area contributed by atoms with E-state index >= 15 is 0 Å². The molecule has 4 heteroatoms. The number of nitrogens with one attached hydrogen (secondary N) is 1. The van der Waals surface area contributed by atoms with Crippen molar-refractivity contribution < 1.29 is 9.13 Å². The van der Waals surface area contributed by atoms with Crippen LogP contribution in [0.1, 0.15) is 50.8 Å². The second-order valence-electron chi connectivity index (χ2n) is 6.98. The number of nitrogens with zero attached hydrogens (tertiary/aromatic N) is 1. The Morgan fingerprint density at radius 3 is 2.64 bits per heavy atom. The van der Waals surface area contributed by atoms with E-state index in [2.05, 4.69) is 49.2 Å². The number of halogens is 1. The number of hydrogen-bond acceptors (Lipinski definition) is 2. The summed E-state index contributed by atoms with van der Waals surface area (Å²) in [6.45, 7) is 6.09. The highest BCUT2D eigenvalue weighted by Crippen LogP contribution is 2.45. The second kappa shape index (κ2) is 5.75. The van der Waals surface area contributed by atoms with Gasteiger partial charge in [0.05, 0.1) is 5.69 Å². The summed E-state index contributed by atoms with van der Waals surface area (Å²) in [7, 11) is 0. The van der Waals surface area contributed by atoms with Gasteiger partial charge in [-0.25, -0.2) is 4.39 Å². The van der Waals surface area contributed by atoms with Crippen molar-refractivity contribution in [3.63, 3.8) is 0 Å². The number of alkyl halides is 1. The van der Waals surface area contributed by atoms with Crippen molar-refractivity contribution in [2.75, 3.05) is 13.3 Å². The summed E-state index contributed by atoms with van der Waals surface area (Å²) < 4.78 is 18.1. The van der Waals surface area contributed by atoms with Crippen molar-refractivity contribution in [1.82, 2.24) is 10.2 Å². The van der Waals surface area contributed by atoms with Crippen molar-refractivity contribution in [2.45, 2.75) is 44.9 Å². The van der Waals surface area contributed by atoms with Crippen molar-refractivity contribution in [3.05, 3.63) is 35.5 Å². The first-order valence-electron chi connectivity index (χ1n) is 7.88. The molecular weight excluding hydrogens is 279 g/mol. The Labute approximate surface area is 130 Å². The van der Waals surface area contributed by atoms with Crippen LogP contribution >= 0.6 is 0 Å². The van der Waals surface area contributed by atoms with Gasteiger partial charge in [0, 0.05) is 16.7 Å². The zero-order valence-electron chi connectivity index (χ0n) is 13.4. The van der Waals surface area contributed by atoms with Gasteiger partial charge < -0.3 is 4.74 Å². The SMILES string of the molecule is CC(C)(C)c1cc(-c2ccc(C3CC3)c(OCCF)c2)n[nH]1. The van der Waals surface area contributed by atoms with E-state index < -0.39 is 6.67 Å². The molecule has 0 radical (unpaired) electrons. The number of hydrogen-bond donors (Lipinski definition) is 1. The molecule has 0 bridgehead atoms. The summed E-state index contributed by atoms with van der Waals surface area (Å²) in [5.74, 6) is 1.38. The third kappa shape index (κ3) is 3.16. The second-order valence-corrected chi connectivity index (χ2v) is 6.98. The molecule has 2 aromatic rings. The molecule has 1 aliphatic rings. The molecule has 0 amide bonds. The van der Waals surface area contributed by atoms with Gasteiger partial charge in [-0.05, 0) is 36.5 Å². The molecule has 1 saturated carbocycles. The van der Waals surface area contributed by atoms with E-state index in [1.165, 1.54) is 18.4 Å². The van der Waals surface area contributed by atoms with Gasteiger partial charge in [-0.3, -0.25) is 5.10 Å². The summed E-state index contributed by atoms with van der Waals surface area (Å²) in [5, 5.41) is 7.52. The van der Waals surface area contributed by atoms with Crippen LogP contribution in [0.25, 0.3) is 11.3 Å². The van der Waals surface area contributed by atoms with E-state index in [4.69, 9.17) is 4.74 Å². The lowest BCUT2D eigenvalue weighted by Crippen LogP contribution is -2.11. The van der Waals surface area contributed by atoms with E-state index in [1.807, 2.05) is 6.07 Å². The Morgan fingerprint density at radius 1 is 1.27 bits per heavy atom. The molecule has 1 aromatic carbocycles. The van der Waals surface area contributed by atoms with Gasteiger partial charge in [0.2, 0.25) is 0 Å². The van der Waals surface area contributed by atoms with Gasteiger partial charge in [0.25, 0.3) is 0 Å². The van der Waals surface area contributed by atoms with Gasteiger partial charge in [-0.15, -0.1) is 0 Å². The summed E-state index contributed by atoms with van der Waals surface area (Å²) in [6.07, 6.45) is 2.39. The van der Waals surface area contributed by atoms with Crippen molar-refractivity contribution in [3.8, 4) is 17.0 Å². The van der Waals surface area contributed by atoms with Crippen LogP contribution in [0, 0.1) is 0 Å². The predicted molar refractivity (Wildman–Crippen MR) is 86.2 cm³/mol. The minimum Gasteiger partial charge on any atom is -0.491 e. The number of aromatic amines is 1. The van der Waals surface area contributed by atoms with E-state index in [9.17, 15) is 4.39 Å². The molecule has 0 saturated heterocycles. The molecule has 1 N–H and O–H groups in total. The van der Waals surface area contributed by atoms with Gasteiger partial charge in [0.1, 0.15) is 19.0 Å².